The van der Waals surface area contributed by atoms with Crippen molar-refractivity contribution in [3.63, 3.8) is 0 Å². The maximum atomic E-state index is 10.9. The largest absolute Gasteiger partial charge is 0.291 e. The van der Waals surface area contributed by atoms with Crippen LogP contribution in [0.15, 0.2) is 30.3 Å². The molecular weight excluding hydrogens is 315 g/mol. The highest BCUT2D eigenvalue weighted by Crippen LogP contribution is 2.35. The standard InChI is InChI=1S/C13H8Cl2N4O2/c1-7-2-4-8(5-3-7)18-16-12-9(14)6-10(19(20)21)11(15)13(12)17-18/h2-6H,1H3. The van der Waals surface area contributed by atoms with E-state index in [2.05, 4.69) is 10.2 Å². The minimum atomic E-state index is -0.599. The highest BCUT2D eigenvalue weighted by atomic mass is 35.5. The summed E-state index contributed by atoms with van der Waals surface area (Å²) in [4.78, 5) is 11.7. The zero-order valence-electron chi connectivity index (χ0n) is 10.7. The Morgan fingerprint density at radius 2 is 1.76 bits per heavy atom. The van der Waals surface area contributed by atoms with Gasteiger partial charge in [0.2, 0.25) is 0 Å². The van der Waals surface area contributed by atoms with E-state index in [9.17, 15) is 10.1 Å². The predicted octanol–water partition coefficient (Wildman–Crippen LogP) is 3.94. The fraction of sp³-hybridized carbons (Fsp3) is 0.0769. The maximum absolute atomic E-state index is 10.9. The third-order valence-corrected chi connectivity index (χ3v) is 3.66. The zero-order valence-corrected chi connectivity index (χ0v) is 12.3. The van der Waals surface area contributed by atoms with Crippen LogP contribution in [0.3, 0.4) is 0 Å². The SMILES string of the molecule is Cc1ccc(-n2nc3c(Cl)cc([N+](=O)[O-])c(Cl)c3n2)cc1. The average Bonchev–Trinajstić information content (AvgIpc) is 2.89. The fourth-order valence-electron chi connectivity index (χ4n) is 1.91. The molecular formula is C13H8Cl2N4O2. The molecule has 1 heterocycles. The number of rotatable bonds is 2. The number of fused-ring (bicyclic) bond motifs is 1. The van der Waals surface area contributed by atoms with E-state index >= 15 is 0 Å². The Morgan fingerprint density at radius 1 is 1.14 bits per heavy atom. The summed E-state index contributed by atoms with van der Waals surface area (Å²) in [6.45, 7) is 1.97. The van der Waals surface area contributed by atoms with Gasteiger partial charge in [0.05, 0.1) is 15.6 Å². The van der Waals surface area contributed by atoms with Crippen molar-refractivity contribution in [3.8, 4) is 5.69 Å². The van der Waals surface area contributed by atoms with Crippen molar-refractivity contribution in [2.45, 2.75) is 6.92 Å². The lowest BCUT2D eigenvalue weighted by molar-refractivity contribution is -0.384. The van der Waals surface area contributed by atoms with Crippen molar-refractivity contribution in [2.75, 3.05) is 0 Å². The van der Waals surface area contributed by atoms with Gasteiger partial charge in [0.25, 0.3) is 5.69 Å². The van der Waals surface area contributed by atoms with Crippen molar-refractivity contribution >= 4 is 39.9 Å². The first-order chi connectivity index (χ1) is 9.97. The van der Waals surface area contributed by atoms with Crippen molar-refractivity contribution in [3.05, 3.63) is 56.1 Å². The molecule has 0 saturated heterocycles. The first kappa shape index (κ1) is 13.8. The smallest absolute Gasteiger partial charge is 0.258 e. The average molecular weight is 323 g/mol. The molecule has 0 aliphatic heterocycles. The third-order valence-electron chi connectivity index (χ3n) is 3.00. The third kappa shape index (κ3) is 2.32. The van der Waals surface area contributed by atoms with Gasteiger partial charge in [0.15, 0.2) is 0 Å². The number of aromatic nitrogens is 3. The number of nitrogens with zero attached hydrogens (tertiary/aromatic N) is 4. The van der Waals surface area contributed by atoms with E-state index < -0.39 is 4.92 Å². The molecule has 106 valence electrons. The molecule has 1 aromatic heterocycles. The van der Waals surface area contributed by atoms with Gasteiger partial charge in [-0.25, -0.2) is 0 Å². The molecule has 0 atom stereocenters. The molecule has 0 fully saturated rings. The molecule has 0 saturated carbocycles. The van der Waals surface area contributed by atoms with E-state index in [-0.39, 0.29) is 21.2 Å². The van der Waals surface area contributed by atoms with E-state index in [1.807, 2.05) is 31.2 Å². The number of nitro groups is 1. The second-order valence-electron chi connectivity index (χ2n) is 4.47. The molecule has 0 amide bonds. The van der Waals surface area contributed by atoms with Gasteiger partial charge in [0.1, 0.15) is 16.1 Å². The molecule has 8 heteroatoms. The summed E-state index contributed by atoms with van der Waals surface area (Å²) < 4.78 is 0. The molecule has 0 bridgehead atoms. The van der Waals surface area contributed by atoms with E-state index in [0.717, 1.165) is 5.56 Å². The molecule has 0 radical (unpaired) electrons. The van der Waals surface area contributed by atoms with E-state index in [0.29, 0.717) is 11.2 Å². The molecule has 2 aromatic carbocycles. The summed E-state index contributed by atoms with van der Waals surface area (Å²) in [6.07, 6.45) is 0. The normalized spacial score (nSPS) is 11.0. The highest BCUT2D eigenvalue weighted by molar-refractivity contribution is 6.41. The Balaban J connectivity index is 2.24. The van der Waals surface area contributed by atoms with Gasteiger partial charge < -0.3 is 0 Å². The van der Waals surface area contributed by atoms with Gasteiger partial charge in [-0.3, -0.25) is 10.1 Å². The van der Waals surface area contributed by atoms with Crippen molar-refractivity contribution in [1.82, 2.24) is 15.0 Å². The van der Waals surface area contributed by atoms with Gasteiger partial charge in [-0.05, 0) is 19.1 Å². The fourth-order valence-corrected chi connectivity index (χ4v) is 2.40. The van der Waals surface area contributed by atoms with Gasteiger partial charge >= 0.3 is 0 Å². The predicted molar refractivity (Wildman–Crippen MR) is 80.3 cm³/mol. The van der Waals surface area contributed by atoms with Crippen LogP contribution < -0.4 is 0 Å². The van der Waals surface area contributed by atoms with Crippen LogP contribution in [0, 0.1) is 17.0 Å². The Kier molecular flexibility index (Phi) is 3.27. The summed E-state index contributed by atoms with van der Waals surface area (Å²) in [5.74, 6) is 0. The van der Waals surface area contributed by atoms with Crippen molar-refractivity contribution in [2.24, 2.45) is 0 Å². The second-order valence-corrected chi connectivity index (χ2v) is 5.26. The van der Waals surface area contributed by atoms with Crippen LogP contribution in [-0.4, -0.2) is 19.9 Å². The number of halogens is 2. The van der Waals surface area contributed by atoms with Gasteiger partial charge in [-0.1, -0.05) is 40.9 Å². The molecule has 0 unspecified atom stereocenters. The quantitative estimate of drug-likeness (QED) is 0.529. The zero-order chi connectivity index (χ0) is 15.1. The Labute approximate surface area is 129 Å². The molecule has 21 heavy (non-hydrogen) atoms. The lowest BCUT2D eigenvalue weighted by atomic mass is 10.2. The minimum absolute atomic E-state index is 0.0715. The number of aryl methyl sites for hydroxylation is 1. The topological polar surface area (TPSA) is 73.8 Å². The van der Waals surface area contributed by atoms with E-state index in [1.54, 1.807) is 0 Å². The molecule has 0 aliphatic rings. The molecule has 0 aliphatic carbocycles. The number of nitro benzene ring substituents is 1. The monoisotopic (exact) mass is 322 g/mol. The van der Waals surface area contributed by atoms with Crippen molar-refractivity contribution in [1.29, 1.82) is 0 Å². The van der Waals surface area contributed by atoms with Crippen LogP contribution >= 0.6 is 23.2 Å². The second kappa shape index (κ2) is 4.98. The molecule has 0 N–H and O–H groups in total. The highest BCUT2D eigenvalue weighted by Gasteiger charge is 2.22. The summed E-state index contributed by atoms with van der Waals surface area (Å²) in [7, 11) is 0. The summed E-state index contributed by atoms with van der Waals surface area (Å²) >= 11 is 12.0. The number of hydrogen-bond acceptors (Lipinski definition) is 4. The number of benzene rings is 2. The number of hydrogen-bond donors (Lipinski definition) is 0. The summed E-state index contributed by atoms with van der Waals surface area (Å²) in [5.41, 5.74) is 2.06. The van der Waals surface area contributed by atoms with Crippen LogP contribution in [0.4, 0.5) is 5.69 Å². The molecule has 6 nitrogen and oxygen atoms in total. The van der Waals surface area contributed by atoms with Gasteiger partial charge in [-0.15, -0.1) is 10.2 Å². The van der Waals surface area contributed by atoms with Crippen molar-refractivity contribution < 1.29 is 4.92 Å². The molecule has 0 spiro atoms. The Morgan fingerprint density at radius 3 is 2.38 bits per heavy atom. The van der Waals surface area contributed by atoms with Gasteiger partial charge in [-0.2, -0.15) is 4.80 Å². The minimum Gasteiger partial charge on any atom is -0.258 e. The molecule has 3 rings (SSSR count). The Hall–Kier alpha value is -2.18. The molecule has 3 aromatic rings. The summed E-state index contributed by atoms with van der Waals surface area (Å²) in [5, 5.41) is 19.4. The summed E-state index contributed by atoms with van der Waals surface area (Å²) in [6, 6.07) is 8.68. The first-order valence-corrected chi connectivity index (χ1v) is 6.69. The maximum Gasteiger partial charge on any atom is 0.291 e. The van der Waals surface area contributed by atoms with Crippen LogP contribution in [0.2, 0.25) is 10.0 Å². The van der Waals surface area contributed by atoms with Crippen LogP contribution in [0.1, 0.15) is 5.56 Å². The Bertz CT molecular complexity index is 859. The van der Waals surface area contributed by atoms with Gasteiger partial charge in [0, 0.05) is 6.07 Å². The van der Waals surface area contributed by atoms with E-state index in [1.165, 1.54) is 10.9 Å². The van der Waals surface area contributed by atoms with Crippen LogP contribution in [-0.2, 0) is 0 Å². The van der Waals surface area contributed by atoms with E-state index in [4.69, 9.17) is 23.2 Å². The first-order valence-electron chi connectivity index (χ1n) is 5.94. The lowest BCUT2D eigenvalue weighted by Crippen LogP contribution is -1.97. The van der Waals surface area contributed by atoms with Crippen LogP contribution in [0.25, 0.3) is 16.7 Å². The van der Waals surface area contributed by atoms with Crippen LogP contribution in [0.5, 0.6) is 0 Å². The lowest BCUT2D eigenvalue weighted by Gasteiger charge is -1.98.